The third-order valence-electron chi connectivity index (χ3n) is 4.80. The first-order chi connectivity index (χ1) is 12.0. The smallest absolute Gasteiger partial charge is 0.0937 e. The van der Waals surface area contributed by atoms with Gasteiger partial charge in [-0.3, -0.25) is 0 Å². The minimum absolute atomic E-state index is 0.892. The van der Waals surface area contributed by atoms with Crippen LogP contribution in [0.25, 0.3) is 21.6 Å². The van der Waals surface area contributed by atoms with Crippen molar-refractivity contribution < 1.29 is 0 Å². The molecule has 3 aromatic rings. The van der Waals surface area contributed by atoms with Gasteiger partial charge in [-0.2, -0.15) is 0 Å². The van der Waals surface area contributed by atoms with Crippen LogP contribution >= 0.6 is 50.2 Å². The van der Waals surface area contributed by atoms with Crippen molar-refractivity contribution >= 4 is 61.4 Å². The van der Waals surface area contributed by atoms with Gasteiger partial charge in [0.25, 0.3) is 0 Å². The van der Waals surface area contributed by atoms with Crippen molar-refractivity contribution in [3.63, 3.8) is 0 Å². The first-order valence-electron chi connectivity index (χ1n) is 8.38. The zero-order chi connectivity index (χ0) is 17.6. The first-order valence-corrected chi connectivity index (χ1v) is 11.2. The molecule has 1 aliphatic rings. The predicted molar refractivity (Wildman–Crippen MR) is 117 cm³/mol. The molecule has 25 heavy (non-hydrogen) atoms. The summed E-state index contributed by atoms with van der Waals surface area (Å²) in [5.41, 5.74) is 7.10. The summed E-state index contributed by atoms with van der Waals surface area (Å²) in [5, 5.41) is 0. The lowest BCUT2D eigenvalue weighted by Gasteiger charge is -2.07. The van der Waals surface area contributed by atoms with Crippen molar-refractivity contribution in [2.75, 3.05) is 0 Å². The number of benzene rings is 1. The Labute approximate surface area is 170 Å². The van der Waals surface area contributed by atoms with Crippen molar-refractivity contribution in [2.45, 2.75) is 33.1 Å². The molecule has 4 heteroatoms. The summed E-state index contributed by atoms with van der Waals surface area (Å²) in [6.07, 6.45) is 3.56. The van der Waals surface area contributed by atoms with Gasteiger partial charge in [0.1, 0.15) is 0 Å². The van der Waals surface area contributed by atoms with Crippen LogP contribution in [0.3, 0.4) is 0 Å². The van der Waals surface area contributed by atoms with Gasteiger partial charge >= 0.3 is 0 Å². The highest BCUT2D eigenvalue weighted by atomic mass is 79.9. The Bertz CT molecular complexity index is 960. The Balaban J connectivity index is 1.79. The lowest BCUT2D eigenvalue weighted by molar-refractivity contribution is 0.941. The molecule has 1 aromatic carbocycles. The van der Waals surface area contributed by atoms with Gasteiger partial charge in [0.2, 0.25) is 0 Å². The Morgan fingerprint density at radius 2 is 1.48 bits per heavy atom. The van der Waals surface area contributed by atoms with Gasteiger partial charge < -0.3 is 0 Å². The molecule has 1 aliphatic carbocycles. The molecule has 0 unspecified atom stereocenters. The van der Waals surface area contributed by atoms with Gasteiger partial charge in [-0.15, -0.1) is 22.7 Å². The molecule has 0 aliphatic heterocycles. The van der Waals surface area contributed by atoms with Gasteiger partial charge in [-0.25, -0.2) is 0 Å². The van der Waals surface area contributed by atoms with Crippen molar-refractivity contribution in [1.29, 1.82) is 0 Å². The van der Waals surface area contributed by atoms with E-state index in [2.05, 4.69) is 66.2 Å². The Morgan fingerprint density at radius 3 is 2.08 bits per heavy atom. The molecule has 4 rings (SSSR count). The van der Waals surface area contributed by atoms with Crippen LogP contribution in [0.1, 0.15) is 40.1 Å². The van der Waals surface area contributed by atoms with Crippen molar-refractivity contribution in [3.05, 3.63) is 66.1 Å². The average Bonchev–Trinajstić information content (AvgIpc) is 3.26. The summed E-state index contributed by atoms with van der Waals surface area (Å²) >= 11 is 13.4. The van der Waals surface area contributed by atoms with Gasteiger partial charge in [-0.05, 0) is 85.2 Å². The summed E-state index contributed by atoms with van der Waals surface area (Å²) in [7, 11) is 0. The minimum atomic E-state index is 0.892. The maximum Gasteiger partial charge on any atom is 0.0937 e. The van der Waals surface area contributed by atoms with Crippen LogP contribution in [0.2, 0.25) is 4.34 Å². The molecular weight excluding hydrogens is 432 g/mol. The van der Waals surface area contributed by atoms with E-state index in [4.69, 9.17) is 11.6 Å². The fraction of sp³-hybridized carbons (Fsp3) is 0.238. The van der Waals surface area contributed by atoms with E-state index in [9.17, 15) is 0 Å². The second-order valence-corrected chi connectivity index (χ2v) is 10.5. The summed E-state index contributed by atoms with van der Waals surface area (Å²) in [5.74, 6) is 0. The molecule has 0 atom stereocenters. The molecule has 0 nitrogen and oxygen atoms in total. The number of halogens is 2. The molecule has 2 aromatic heterocycles. The van der Waals surface area contributed by atoms with Crippen LogP contribution < -0.4 is 0 Å². The zero-order valence-electron chi connectivity index (χ0n) is 14.2. The number of hydrogen-bond donors (Lipinski definition) is 0. The SMILES string of the molecule is Cc1sc(Cl)cc1C1=C(c2cc(-c3ccc(Br)cc3)sc2C)CCC1. The second kappa shape index (κ2) is 7.03. The molecule has 128 valence electrons. The number of hydrogen-bond acceptors (Lipinski definition) is 2. The molecule has 0 bridgehead atoms. The quantitative estimate of drug-likeness (QED) is 0.375. The lowest BCUT2D eigenvalue weighted by Crippen LogP contribution is -1.86. The van der Waals surface area contributed by atoms with E-state index in [1.165, 1.54) is 55.3 Å². The highest BCUT2D eigenvalue weighted by molar-refractivity contribution is 9.10. The Morgan fingerprint density at radius 1 is 0.880 bits per heavy atom. The number of thiophene rings is 2. The molecule has 0 amide bonds. The van der Waals surface area contributed by atoms with E-state index in [0.717, 1.165) is 15.2 Å². The molecular formula is C21H18BrClS2. The average molecular weight is 450 g/mol. The summed E-state index contributed by atoms with van der Waals surface area (Å²) in [6, 6.07) is 13.1. The number of aryl methyl sites for hydroxylation is 2. The highest BCUT2D eigenvalue weighted by Crippen LogP contribution is 2.46. The standard InChI is InChI=1S/C21H18BrClS2/c1-12-18(10-20(24-12)14-6-8-15(22)9-7-14)16-4-3-5-17(16)19-11-21(23)25-13(19)2/h6-11H,3-5H2,1-2H3. The molecule has 0 saturated carbocycles. The maximum atomic E-state index is 6.26. The van der Waals surface area contributed by atoms with Gasteiger partial charge in [0.15, 0.2) is 0 Å². The van der Waals surface area contributed by atoms with E-state index >= 15 is 0 Å². The molecule has 0 fully saturated rings. The number of rotatable bonds is 3. The largest absolute Gasteiger partial charge is 0.140 e. The molecule has 2 heterocycles. The molecule has 0 radical (unpaired) electrons. The van der Waals surface area contributed by atoms with E-state index in [0.29, 0.717) is 0 Å². The number of allylic oxidation sites excluding steroid dienone is 2. The highest BCUT2D eigenvalue weighted by Gasteiger charge is 2.23. The molecule has 0 N–H and O–H groups in total. The van der Waals surface area contributed by atoms with E-state index in [1.54, 1.807) is 11.3 Å². The predicted octanol–water partition coefficient (Wildman–Crippen LogP) is 8.60. The van der Waals surface area contributed by atoms with Crippen LogP contribution in [0.5, 0.6) is 0 Å². The third kappa shape index (κ3) is 3.40. The second-order valence-electron chi connectivity index (χ2n) is 6.42. The van der Waals surface area contributed by atoms with E-state index in [1.807, 2.05) is 11.3 Å². The topological polar surface area (TPSA) is 0 Å². The van der Waals surface area contributed by atoms with Crippen molar-refractivity contribution in [3.8, 4) is 10.4 Å². The van der Waals surface area contributed by atoms with Crippen LogP contribution in [0.4, 0.5) is 0 Å². The van der Waals surface area contributed by atoms with Crippen LogP contribution in [-0.2, 0) is 0 Å². The van der Waals surface area contributed by atoms with Crippen molar-refractivity contribution in [1.82, 2.24) is 0 Å². The fourth-order valence-corrected chi connectivity index (χ4v) is 6.16. The van der Waals surface area contributed by atoms with E-state index < -0.39 is 0 Å². The summed E-state index contributed by atoms with van der Waals surface area (Å²) in [6.45, 7) is 4.43. The molecule has 0 spiro atoms. The van der Waals surface area contributed by atoms with Gasteiger partial charge in [0, 0.05) is 19.1 Å². The normalized spacial score (nSPS) is 14.6. The monoisotopic (exact) mass is 448 g/mol. The molecule has 0 saturated heterocycles. The zero-order valence-corrected chi connectivity index (χ0v) is 18.1. The van der Waals surface area contributed by atoms with Crippen LogP contribution in [0, 0.1) is 13.8 Å². The van der Waals surface area contributed by atoms with Crippen LogP contribution in [0.15, 0.2) is 40.9 Å². The maximum absolute atomic E-state index is 6.26. The van der Waals surface area contributed by atoms with Crippen molar-refractivity contribution in [2.24, 2.45) is 0 Å². The fourth-order valence-electron chi connectivity index (χ4n) is 3.62. The van der Waals surface area contributed by atoms with Gasteiger partial charge in [0.05, 0.1) is 4.34 Å². The van der Waals surface area contributed by atoms with Gasteiger partial charge in [-0.1, -0.05) is 39.7 Å². The third-order valence-corrected chi connectivity index (χ3v) is 7.61. The summed E-state index contributed by atoms with van der Waals surface area (Å²) < 4.78 is 2.01. The lowest BCUT2D eigenvalue weighted by atomic mass is 9.97. The van der Waals surface area contributed by atoms with E-state index in [-0.39, 0.29) is 0 Å². The minimum Gasteiger partial charge on any atom is -0.140 e. The summed E-state index contributed by atoms with van der Waals surface area (Å²) in [4.78, 5) is 4.09. The first kappa shape index (κ1) is 17.5. The Kier molecular flexibility index (Phi) is 4.93. The Hall–Kier alpha value is -0.870. The van der Waals surface area contributed by atoms with Crippen LogP contribution in [-0.4, -0.2) is 0 Å².